The zero-order valence-corrected chi connectivity index (χ0v) is 28.2. The van der Waals surface area contributed by atoms with E-state index in [1.54, 1.807) is 33.4 Å². The normalized spacial score (nSPS) is 19.5. The lowest BCUT2D eigenvalue weighted by atomic mass is 10.0. The first kappa shape index (κ1) is 33.4. The van der Waals surface area contributed by atoms with Gasteiger partial charge in [0.25, 0.3) is 5.91 Å². The molecule has 2 aliphatic heterocycles. The van der Waals surface area contributed by atoms with Crippen LogP contribution in [0.3, 0.4) is 0 Å². The Morgan fingerprint density at radius 2 is 1.91 bits per heavy atom. The molecule has 0 aliphatic carbocycles. The highest BCUT2D eigenvalue weighted by atomic mass is 35.5. The maximum atomic E-state index is 13.0. The second-order valence-electron chi connectivity index (χ2n) is 11.1. The third-order valence-electron chi connectivity index (χ3n) is 8.03. The molecule has 2 fully saturated rings. The van der Waals surface area contributed by atoms with Crippen molar-refractivity contribution >= 4 is 57.4 Å². The van der Waals surface area contributed by atoms with Gasteiger partial charge < -0.3 is 34.9 Å². The highest BCUT2D eigenvalue weighted by Crippen LogP contribution is 2.35. The number of piperidine rings is 1. The van der Waals surface area contributed by atoms with Gasteiger partial charge in [0.2, 0.25) is 0 Å². The summed E-state index contributed by atoms with van der Waals surface area (Å²) in [6.07, 6.45) is 3.52. The molecule has 45 heavy (non-hydrogen) atoms. The maximum absolute atomic E-state index is 13.0. The maximum Gasteiger partial charge on any atom is 0.350 e. The van der Waals surface area contributed by atoms with Gasteiger partial charge in [-0.15, -0.1) is 0 Å². The number of nitrogens with zero attached hydrogens (tertiary/aromatic N) is 6. The predicted molar refractivity (Wildman–Crippen MR) is 176 cm³/mol. The minimum absolute atomic E-state index is 0.192. The van der Waals surface area contributed by atoms with E-state index < -0.39 is 5.97 Å². The molecule has 0 aromatic carbocycles. The minimum atomic E-state index is -0.463. The van der Waals surface area contributed by atoms with E-state index in [4.69, 9.17) is 37.7 Å². The van der Waals surface area contributed by atoms with Crippen LogP contribution in [0.25, 0.3) is 11.4 Å². The fraction of sp³-hybridized carbons (Fsp3) is 0.552. The molecule has 3 N–H and O–H groups in total. The minimum Gasteiger partial charge on any atom is -0.462 e. The molecule has 244 valence electrons. The van der Waals surface area contributed by atoms with E-state index in [1.165, 1.54) is 11.3 Å². The number of hydrogen-bond acceptors (Lipinski definition) is 12. The van der Waals surface area contributed by atoms with Crippen molar-refractivity contribution in [3.05, 3.63) is 38.7 Å². The van der Waals surface area contributed by atoms with Crippen LogP contribution in [0.2, 0.25) is 10.0 Å². The summed E-state index contributed by atoms with van der Waals surface area (Å²) in [7, 11) is 3.75. The van der Waals surface area contributed by atoms with Crippen LogP contribution in [0.5, 0.6) is 0 Å². The number of H-pyrrole nitrogens is 1. The van der Waals surface area contributed by atoms with Crippen LogP contribution in [0, 0.1) is 6.92 Å². The van der Waals surface area contributed by atoms with Crippen LogP contribution < -0.4 is 15.5 Å². The standard InChI is InChI=1S/C29H39Cl2N9O4S/c1-5-44-28(42)26-24(19-14-34-21(15-33-19)32-7-9-39-12-10-38(3)11-13-39)37-29(45-26)40-8-6-18(20(16-40)43-4)36-27(41)25-23(31)22(30)17(2)35-25/h14-15,18,20,35H,5-13,16H2,1-4H3,(H,32,34)(H,36,41)/t18-,20+/m1/s1. The number of ether oxygens (including phenoxy) is 2. The molecule has 0 bridgehead atoms. The average molecular weight is 681 g/mol. The Balaban J connectivity index is 1.26. The summed E-state index contributed by atoms with van der Waals surface area (Å²) in [4.78, 5) is 50.0. The lowest BCUT2D eigenvalue weighted by molar-refractivity contribution is 0.0531. The number of carbonyl (C=O) groups excluding carboxylic acids is 2. The SMILES string of the molecule is CCOC(=O)c1sc(N2CC[C@@H](NC(=O)c3[nH]c(C)c(Cl)c3Cl)[C@@H](OC)C2)nc1-c1cnc(NCCN2CCN(C)CC2)cn1. The highest BCUT2D eigenvalue weighted by Gasteiger charge is 2.34. The molecule has 1 amide bonds. The number of thiazole rings is 1. The summed E-state index contributed by atoms with van der Waals surface area (Å²) in [5.74, 6) is -0.159. The fourth-order valence-corrected chi connectivity index (χ4v) is 6.79. The summed E-state index contributed by atoms with van der Waals surface area (Å²) in [5, 5.41) is 7.51. The number of likely N-dealkylation sites (N-methyl/N-ethyl adjacent to an activating group) is 1. The number of aromatic nitrogens is 4. The lowest BCUT2D eigenvalue weighted by Crippen LogP contribution is -2.55. The second-order valence-corrected chi connectivity index (χ2v) is 12.8. The first-order valence-electron chi connectivity index (χ1n) is 15.0. The molecule has 0 saturated carbocycles. The molecule has 16 heteroatoms. The van der Waals surface area contributed by atoms with E-state index >= 15 is 0 Å². The lowest BCUT2D eigenvalue weighted by Gasteiger charge is -2.37. The molecule has 2 aliphatic rings. The monoisotopic (exact) mass is 679 g/mol. The van der Waals surface area contributed by atoms with Crippen molar-refractivity contribution in [3.8, 4) is 11.4 Å². The number of carbonyl (C=O) groups is 2. The van der Waals surface area contributed by atoms with Crippen LogP contribution in [-0.2, 0) is 9.47 Å². The van der Waals surface area contributed by atoms with E-state index in [9.17, 15) is 9.59 Å². The number of aromatic amines is 1. The van der Waals surface area contributed by atoms with E-state index in [-0.39, 0.29) is 35.4 Å². The van der Waals surface area contributed by atoms with Gasteiger partial charge in [0, 0.05) is 65.2 Å². The topological polar surface area (TPSA) is 141 Å². The first-order chi connectivity index (χ1) is 21.7. The van der Waals surface area contributed by atoms with Gasteiger partial charge in [-0.05, 0) is 27.3 Å². The second kappa shape index (κ2) is 15.1. The Hall–Kier alpha value is -3.01. The summed E-state index contributed by atoms with van der Waals surface area (Å²) < 4.78 is 11.1. The number of piperazine rings is 1. The Kier molecular flexibility index (Phi) is 11.2. The molecule has 2 atom stereocenters. The van der Waals surface area contributed by atoms with Gasteiger partial charge in [0.1, 0.15) is 27.8 Å². The molecule has 5 heterocycles. The van der Waals surface area contributed by atoms with Gasteiger partial charge in [0.05, 0.1) is 41.2 Å². The largest absolute Gasteiger partial charge is 0.462 e. The summed E-state index contributed by atoms with van der Waals surface area (Å²) >= 11 is 13.7. The van der Waals surface area contributed by atoms with Crippen molar-refractivity contribution in [2.45, 2.75) is 32.4 Å². The molecule has 2 saturated heterocycles. The van der Waals surface area contributed by atoms with E-state index in [1.807, 2.05) is 4.90 Å². The highest BCUT2D eigenvalue weighted by molar-refractivity contribution is 7.17. The van der Waals surface area contributed by atoms with Crippen molar-refractivity contribution in [1.82, 2.24) is 35.1 Å². The Morgan fingerprint density at radius 1 is 1.13 bits per heavy atom. The van der Waals surface area contributed by atoms with Crippen LogP contribution in [0.4, 0.5) is 10.9 Å². The summed E-state index contributed by atoms with van der Waals surface area (Å²) in [5.41, 5.74) is 1.74. The number of methoxy groups -OCH3 is 1. The average Bonchev–Trinajstić information content (AvgIpc) is 3.60. The third kappa shape index (κ3) is 7.87. The number of aryl methyl sites for hydroxylation is 1. The summed E-state index contributed by atoms with van der Waals surface area (Å²) in [6, 6.07) is -0.275. The number of rotatable bonds is 11. The number of esters is 1. The molecule has 3 aromatic rings. The van der Waals surface area contributed by atoms with Crippen molar-refractivity contribution in [2.24, 2.45) is 0 Å². The van der Waals surface area contributed by atoms with Gasteiger partial charge in [0.15, 0.2) is 5.13 Å². The van der Waals surface area contributed by atoms with Gasteiger partial charge in [-0.25, -0.2) is 19.7 Å². The molecule has 5 rings (SSSR count). The number of anilines is 2. The smallest absolute Gasteiger partial charge is 0.350 e. The zero-order valence-electron chi connectivity index (χ0n) is 25.9. The Bertz CT molecular complexity index is 1480. The van der Waals surface area contributed by atoms with Gasteiger partial charge in [-0.3, -0.25) is 9.69 Å². The van der Waals surface area contributed by atoms with E-state index in [2.05, 4.69) is 42.4 Å². The number of halogens is 2. The van der Waals surface area contributed by atoms with Crippen molar-refractivity contribution in [1.29, 1.82) is 0 Å². The number of hydrogen-bond donors (Lipinski definition) is 3. The first-order valence-corrected chi connectivity index (χ1v) is 16.5. The van der Waals surface area contributed by atoms with Crippen LogP contribution >= 0.6 is 34.5 Å². The molecule has 3 aromatic heterocycles. The van der Waals surface area contributed by atoms with Gasteiger partial charge in [-0.1, -0.05) is 34.5 Å². The van der Waals surface area contributed by atoms with Crippen LogP contribution in [0.15, 0.2) is 12.4 Å². The Morgan fingerprint density at radius 3 is 2.56 bits per heavy atom. The van der Waals surface area contributed by atoms with Crippen molar-refractivity contribution in [2.75, 3.05) is 83.3 Å². The predicted octanol–water partition coefficient (Wildman–Crippen LogP) is 3.40. The fourth-order valence-electron chi connectivity index (χ4n) is 5.37. The van der Waals surface area contributed by atoms with Crippen molar-refractivity contribution in [3.63, 3.8) is 0 Å². The van der Waals surface area contributed by atoms with E-state index in [0.717, 1.165) is 39.3 Å². The molecule has 0 spiro atoms. The molecular weight excluding hydrogens is 641 g/mol. The van der Waals surface area contributed by atoms with Crippen molar-refractivity contribution < 1.29 is 19.1 Å². The van der Waals surface area contributed by atoms with Gasteiger partial charge >= 0.3 is 5.97 Å². The Labute approximate surface area is 276 Å². The third-order valence-corrected chi connectivity index (χ3v) is 10.1. The zero-order chi connectivity index (χ0) is 32.1. The van der Waals surface area contributed by atoms with Crippen LogP contribution in [0.1, 0.15) is 39.2 Å². The van der Waals surface area contributed by atoms with E-state index in [0.29, 0.717) is 57.4 Å². The molecule has 13 nitrogen and oxygen atoms in total. The quantitative estimate of drug-likeness (QED) is 0.257. The molecular formula is C29H39Cl2N9O4S. The van der Waals surface area contributed by atoms with Crippen LogP contribution in [-0.4, -0.2) is 127 Å². The molecule has 0 unspecified atom stereocenters. The van der Waals surface area contributed by atoms with Gasteiger partial charge in [-0.2, -0.15) is 0 Å². The number of amides is 1. The molecule has 0 radical (unpaired) electrons. The number of nitrogens with one attached hydrogen (secondary N) is 3. The summed E-state index contributed by atoms with van der Waals surface area (Å²) in [6.45, 7) is 10.7.